The minimum Gasteiger partial charge on any atom is -0.336 e. The number of aromatic nitrogens is 6. The number of likely N-dealkylation sites (tertiary alicyclic amines) is 2. The minimum absolute atomic E-state index is 0.0249. The van der Waals surface area contributed by atoms with Crippen molar-refractivity contribution in [2.45, 2.75) is 139 Å². The number of nitrogens with one attached hydrogen (secondary N) is 2. The highest BCUT2D eigenvalue weighted by atomic mass is 32.2. The number of nitriles is 2. The third-order valence-corrected chi connectivity index (χ3v) is 19.9. The van der Waals surface area contributed by atoms with Gasteiger partial charge in [0, 0.05) is 31.9 Å². The molecule has 4 atom stereocenters. The molecule has 4 aromatic rings. The van der Waals surface area contributed by atoms with Gasteiger partial charge in [0.05, 0.1) is 55.4 Å². The summed E-state index contributed by atoms with van der Waals surface area (Å²) in [7, 11) is -8.37. The van der Waals surface area contributed by atoms with Gasteiger partial charge in [0.25, 0.3) is 0 Å². The van der Waals surface area contributed by atoms with Crippen LogP contribution in [0, 0.1) is 40.4 Å². The number of carbonyl (C=O) groups excluding carboxylic acids is 4. The summed E-state index contributed by atoms with van der Waals surface area (Å²) in [6, 6.07) is 4.94. The van der Waals surface area contributed by atoms with Crippen LogP contribution in [0.2, 0.25) is 0 Å². The van der Waals surface area contributed by atoms with E-state index in [1.54, 1.807) is 7.05 Å². The number of carbonyl (C=O) groups is 4. The van der Waals surface area contributed by atoms with Crippen LogP contribution < -0.4 is 10.6 Å². The van der Waals surface area contributed by atoms with Crippen LogP contribution in [0.4, 0.5) is 52.7 Å². The number of halogens is 12. The number of nitrogens with zero attached hydrogens (tertiary/aromatic N) is 10. The van der Waals surface area contributed by atoms with E-state index >= 15 is 0 Å². The van der Waals surface area contributed by atoms with Gasteiger partial charge in [-0.2, -0.15) is 68.3 Å². The topological polar surface area (TPSA) is 276 Å². The maximum Gasteiger partial charge on any atom is 0.417 e. The first-order valence-corrected chi connectivity index (χ1v) is 27.9. The van der Waals surface area contributed by atoms with Crippen molar-refractivity contribution in [3.8, 4) is 29.0 Å². The molecule has 4 amide bonds. The molecule has 2 N–H and O–H groups in total. The lowest BCUT2D eigenvalue weighted by Gasteiger charge is -2.29. The highest BCUT2D eigenvalue weighted by Crippen LogP contribution is 2.60. The van der Waals surface area contributed by atoms with Gasteiger partial charge in [-0.25, -0.2) is 16.8 Å². The predicted octanol–water partition coefficient (Wildman–Crippen LogP) is 5.61. The van der Waals surface area contributed by atoms with E-state index in [0.717, 1.165) is 23.0 Å². The number of sulfone groups is 2. The Bertz CT molecular complexity index is 3370. The summed E-state index contributed by atoms with van der Waals surface area (Å²) >= 11 is 0. The fourth-order valence-electron chi connectivity index (χ4n) is 10.1. The van der Waals surface area contributed by atoms with Gasteiger partial charge in [0.2, 0.25) is 23.6 Å². The number of aryl methyl sites for hydroxylation is 2. The molecule has 4 aliphatic carbocycles. The Hall–Kier alpha value is -7.36. The van der Waals surface area contributed by atoms with Gasteiger partial charge in [-0.15, -0.1) is 15.0 Å². The molecule has 6 fully saturated rings. The first kappa shape index (κ1) is 59.3. The van der Waals surface area contributed by atoms with Crippen LogP contribution in [0.5, 0.6) is 0 Å². The van der Waals surface area contributed by atoms with E-state index in [0.29, 0.717) is 28.0 Å². The second kappa shape index (κ2) is 19.6. The van der Waals surface area contributed by atoms with E-state index in [-0.39, 0.29) is 48.3 Å². The van der Waals surface area contributed by atoms with Gasteiger partial charge >= 0.3 is 24.7 Å². The van der Waals surface area contributed by atoms with Crippen molar-refractivity contribution in [1.82, 2.24) is 50.4 Å². The van der Waals surface area contributed by atoms with Gasteiger partial charge in [-0.05, 0) is 112 Å². The summed E-state index contributed by atoms with van der Waals surface area (Å²) < 4.78 is 223. The molecular weight excluding hydrogens is 1160 g/mol. The number of tetrazole rings is 1. The third-order valence-electron chi connectivity index (χ3n) is 15.5. The van der Waals surface area contributed by atoms with E-state index in [1.165, 1.54) is 24.0 Å². The molecule has 2 aliphatic heterocycles. The molecule has 4 saturated carbocycles. The molecule has 2 aromatic heterocycles. The molecular formula is C48H44F12N12O8S2. The Labute approximate surface area is 456 Å². The molecule has 0 spiro atoms. The Morgan fingerprint density at radius 2 is 1.06 bits per heavy atom. The minimum atomic E-state index is -5.20. The van der Waals surface area contributed by atoms with Crippen molar-refractivity contribution >= 4 is 43.3 Å². The van der Waals surface area contributed by atoms with E-state index in [2.05, 4.69) is 31.1 Å². The molecule has 0 bridgehead atoms. The quantitative estimate of drug-likeness (QED) is 0.163. The van der Waals surface area contributed by atoms with Crippen LogP contribution in [0.1, 0.15) is 81.2 Å². The highest BCUT2D eigenvalue weighted by Gasteiger charge is 2.72. The lowest BCUT2D eigenvalue weighted by atomic mass is 10.0. The molecule has 0 radical (unpaired) electrons. The Morgan fingerprint density at radius 1 is 0.634 bits per heavy atom. The lowest BCUT2D eigenvalue weighted by Crippen LogP contribution is -2.53. The number of rotatable bonds is 12. The van der Waals surface area contributed by atoms with Crippen molar-refractivity contribution < 1.29 is 88.7 Å². The summed E-state index contributed by atoms with van der Waals surface area (Å²) in [5.74, 6) is -4.98. The van der Waals surface area contributed by atoms with Gasteiger partial charge in [0.15, 0.2) is 25.5 Å². The lowest BCUT2D eigenvalue weighted by molar-refractivity contribution is -0.200. The normalized spacial score (nSPS) is 23.1. The monoisotopic (exact) mass is 1210 g/mol. The summed E-state index contributed by atoms with van der Waals surface area (Å²) in [5.41, 5.74) is -11.2. The molecule has 0 unspecified atom stereocenters. The van der Waals surface area contributed by atoms with Gasteiger partial charge < -0.3 is 20.4 Å². The summed E-state index contributed by atoms with van der Waals surface area (Å²) in [6.45, 7) is -0.434. The second-order valence-corrected chi connectivity index (χ2v) is 25.6. The number of alkyl halides is 12. The van der Waals surface area contributed by atoms with E-state index in [4.69, 9.17) is 0 Å². The SMILES string of the molecule is Cc1nnn(-c2ccc(S(=O)(=O)[C@@H]3C[C@@H](C(=O)NC4(C#N)CC4)N(C(=O)C4(C(F)(F)F)CC4)C3)c(C(F)(F)F)c2)n1.Cn1cc(-c2ccc(S(=O)(=O)[C@@H]3C[C@@H](C(=O)NC4(C#N)CC4)N(C(=O)C4(C(F)(F)F)CC4)C3)c(C(F)(F)F)c2)cn1. The Morgan fingerprint density at radius 3 is 1.40 bits per heavy atom. The molecule has 2 aromatic carbocycles. The molecule has 10 rings (SSSR count). The van der Waals surface area contributed by atoms with Crippen molar-refractivity contribution in [2.75, 3.05) is 13.1 Å². The summed E-state index contributed by atoms with van der Waals surface area (Å²) in [5, 5.41) is 34.5. The molecule has 6 aliphatic rings. The molecule has 4 heterocycles. The van der Waals surface area contributed by atoms with E-state index in [9.17, 15) is 99.2 Å². The Balaban J connectivity index is 0.000000198. The van der Waals surface area contributed by atoms with Crippen molar-refractivity contribution in [3.05, 3.63) is 65.7 Å². The predicted molar refractivity (Wildman–Crippen MR) is 252 cm³/mol. The standard InChI is InChI=1S/C25H23F6N5O4S.C23H21F6N7O4S/c1-35-11-15(10-33-35)14-2-3-19(17(8-14)24(26,27)28)41(39,40)16-9-18(20(37)34-22(13-32)4-5-22)36(12-16)21(38)23(6-7-23)25(29,30)31;1-12-32-34-36(33-12)13-2-3-17(15(8-13)22(24,25)26)41(39,40)14-9-16(18(37)31-20(11-30)4-5-20)35(10-14)19(38)21(6-7-21)23(27,28)29/h2-3,8,10-11,16,18H,4-7,9,12H2,1H3,(H,34,37);2-3,8,14,16H,4-7,9-10H2,1H3,(H,31,37)/t16-,18+;14-,16+/m11/s1. The van der Waals surface area contributed by atoms with Crippen LogP contribution >= 0.6 is 0 Å². The summed E-state index contributed by atoms with van der Waals surface area (Å²) in [6.07, 6.45) is -20.4. The van der Waals surface area contributed by atoms with Crippen molar-refractivity contribution in [2.24, 2.45) is 17.9 Å². The van der Waals surface area contributed by atoms with E-state index < -0.39 is 185 Å². The summed E-state index contributed by atoms with van der Waals surface area (Å²) in [4.78, 5) is 51.9. The molecule has 440 valence electrons. The first-order valence-electron chi connectivity index (χ1n) is 24.8. The molecule has 20 nitrogen and oxygen atoms in total. The maximum atomic E-state index is 14.1. The zero-order chi connectivity index (χ0) is 60.3. The average Bonchev–Trinajstić information content (AvgIpc) is 2.68. The fourth-order valence-corrected chi connectivity index (χ4v) is 13.8. The van der Waals surface area contributed by atoms with Crippen LogP contribution in [0.3, 0.4) is 0 Å². The van der Waals surface area contributed by atoms with Crippen molar-refractivity contribution in [3.63, 3.8) is 0 Å². The van der Waals surface area contributed by atoms with Gasteiger partial charge in [-0.1, -0.05) is 6.07 Å². The molecule has 34 heteroatoms. The van der Waals surface area contributed by atoms with Crippen LogP contribution in [-0.2, 0) is 58.3 Å². The number of benzene rings is 2. The van der Waals surface area contributed by atoms with Gasteiger partial charge in [-0.3, -0.25) is 23.9 Å². The van der Waals surface area contributed by atoms with Crippen molar-refractivity contribution in [1.29, 1.82) is 10.5 Å². The Kier molecular flexibility index (Phi) is 14.2. The number of hydrogen-bond acceptors (Lipinski definition) is 14. The zero-order valence-corrected chi connectivity index (χ0v) is 44.1. The van der Waals surface area contributed by atoms with E-state index in [1.807, 2.05) is 12.1 Å². The third kappa shape index (κ3) is 10.7. The first-order chi connectivity index (χ1) is 37.9. The van der Waals surface area contributed by atoms with Gasteiger partial charge in [0.1, 0.15) is 34.0 Å². The highest BCUT2D eigenvalue weighted by molar-refractivity contribution is 7.92. The fraction of sp³-hybridized carbons (Fsp3) is 0.542. The number of hydrogen-bond donors (Lipinski definition) is 2. The smallest absolute Gasteiger partial charge is 0.336 e. The van der Waals surface area contributed by atoms with Crippen LogP contribution in [0.15, 0.2) is 58.6 Å². The number of amides is 4. The molecule has 82 heavy (non-hydrogen) atoms. The average molecular weight is 1210 g/mol. The second-order valence-electron chi connectivity index (χ2n) is 21.2. The zero-order valence-electron chi connectivity index (χ0n) is 42.5. The molecule has 2 saturated heterocycles. The van der Waals surface area contributed by atoms with Crippen LogP contribution in [0.25, 0.3) is 16.8 Å². The maximum absolute atomic E-state index is 14.1. The largest absolute Gasteiger partial charge is 0.417 e. The van der Waals surface area contributed by atoms with Crippen LogP contribution in [-0.4, -0.2) is 139 Å².